The van der Waals surface area contributed by atoms with Crippen LogP contribution < -0.4 is 10.9 Å². The van der Waals surface area contributed by atoms with Gasteiger partial charge in [0.05, 0.1) is 16.6 Å². The van der Waals surface area contributed by atoms with E-state index in [4.69, 9.17) is 0 Å². The predicted molar refractivity (Wildman–Crippen MR) is 135 cm³/mol. The van der Waals surface area contributed by atoms with Gasteiger partial charge in [0.2, 0.25) is 15.9 Å². The number of anilines is 1. The van der Waals surface area contributed by atoms with Crippen molar-refractivity contribution in [3.63, 3.8) is 0 Å². The maximum absolute atomic E-state index is 13.4. The molecule has 4 aromatic rings. The molecule has 0 spiro atoms. The topological polar surface area (TPSA) is 101 Å². The number of hydrogen-bond acceptors (Lipinski definition) is 6. The Bertz CT molecular complexity index is 1540. The molecule has 1 amide bonds. The molecule has 182 valence electrons. The first-order chi connectivity index (χ1) is 16.6. The van der Waals surface area contributed by atoms with Gasteiger partial charge in [-0.25, -0.2) is 22.1 Å². The monoisotopic (exact) mass is 514 g/mol. The zero-order valence-corrected chi connectivity index (χ0v) is 20.9. The van der Waals surface area contributed by atoms with Gasteiger partial charge in [-0.1, -0.05) is 19.1 Å². The van der Waals surface area contributed by atoms with E-state index in [1.165, 1.54) is 72.7 Å². The summed E-state index contributed by atoms with van der Waals surface area (Å²) < 4.78 is 40.3. The number of benzene rings is 2. The summed E-state index contributed by atoms with van der Waals surface area (Å²) in [6, 6.07) is 10.8. The second-order valence-electron chi connectivity index (χ2n) is 8.02. The summed E-state index contributed by atoms with van der Waals surface area (Å²) in [5, 5.41) is 4.91. The van der Waals surface area contributed by atoms with Crippen molar-refractivity contribution >= 4 is 43.2 Å². The van der Waals surface area contributed by atoms with Crippen LogP contribution in [0.2, 0.25) is 0 Å². The van der Waals surface area contributed by atoms with Gasteiger partial charge in [0, 0.05) is 30.7 Å². The molecule has 0 aliphatic heterocycles. The third-order valence-corrected chi connectivity index (χ3v) is 8.32. The van der Waals surface area contributed by atoms with Crippen molar-refractivity contribution in [2.45, 2.75) is 24.3 Å². The lowest BCUT2D eigenvalue weighted by Crippen LogP contribution is -2.33. The van der Waals surface area contributed by atoms with E-state index in [9.17, 15) is 22.4 Å². The number of amides is 1. The first-order valence-corrected chi connectivity index (χ1v) is 13.0. The van der Waals surface area contributed by atoms with E-state index in [-0.39, 0.29) is 16.3 Å². The number of carbonyl (C=O) groups is 1. The van der Waals surface area contributed by atoms with Crippen LogP contribution in [0.25, 0.3) is 21.3 Å². The van der Waals surface area contributed by atoms with Gasteiger partial charge < -0.3 is 5.32 Å². The summed E-state index contributed by atoms with van der Waals surface area (Å²) in [5.41, 5.74) is 1.34. The summed E-state index contributed by atoms with van der Waals surface area (Å²) >= 11 is 1.30. The molecule has 1 atom stereocenters. The van der Waals surface area contributed by atoms with Crippen LogP contribution in [-0.2, 0) is 14.8 Å². The highest BCUT2D eigenvalue weighted by molar-refractivity contribution is 7.89. The summed E-state index contributed by atoms with van der Waals surface area (Å²) in [7, 11) is -0.711. The highest BCUT2D eigenvalue weighted by atomic mass is 32.2. The average Bonchev–Trinajstić information content (AvgIpc) is 3.27. The minimum Gasteiger partial charge on any atom is -0.324 e. The van der Waals surface area contributed by atoms with Gasteiger partial charge in [-0.05, 0) is 48.4 Å². The summed E-state index contributed by atoms with van der Waals surface area (Å²) in [6.07, 6.45) is 1.68. The molecule has 1 N–H and O–H groups in total. The standard InChI is InChI=1S/C24H23FN4O4S2/c1-4-20(22(30)27-17-9-11-18(12-10-17)35(32,33)28(2)3)29-14-26-23-21(24(29)31)19(13-34-23)15-5-7-16(25)8-6-15/h5-14,20H,4H2,1-3H3,(H,27,30). The minimum atomic E-state index is -3.59. The fourth-order valence-corrected chi connectivity index (χ4v) is 5.47. The molecule has 0 radical (unpaired) electrons. The molecule has 1 unspecified atom stereocenters. The molecule has 35 heavy (non-hydrogen) atoms. The van der Waals surface area contributed by atoms with E-state index in [0.29, 0.717) is 33.5 Å². The molecule has 4 rings (SSSR count). The van der Waals surface area contributed by atoms with Crippen LogP contribution in [0.4, 0.5) is 10.1 Å². The van der Waals surface area contributed by atoms with Crippen molar-refractivity contribution < 1.29 is 17.6 Å². The Kier molecular flexibility index (Phi) is 6.84. The molecule has 2 heterocycles. The molecule has 0 bridgehead atoms. The zero-order valence-electron chi connectivity index (χ0n) is 19.2. The first-order valence-electron chi connectivity index (χ1n) is 10.7. The number of hydrogen-bond donors (Lipinski definition) is 1. The minimum absolute atomic E-state index is 0.101. The Labute approximate surface area is 205 Å². The van der Waals surface area contributed by atoms with Crippen LogP contribution in [0.1, 0.15) is 19.4 Å². The van der Waals surface area contributed by atoms with E-state index in [1.807, 2.05) is 0 Å². The van der Waals surface area contributed by atoms with Gasteiger partial charge in [-0.15, -0.1) is 11.3 Å². The van der Waals surface area contributed by atoms with Crippen molar-refractivity contribution in [1.82, 2.24) is 13.9 Å². The summed E-state index contributed by atoms with van der Waals surface area (Å²) in [5.74, 6) is -0.809. The Morgan fingerprint density at radius 1 is 1.14 bits per heavy atom. The van der Waals surface area contributed by atoms with Crippen molar-refractivity contribution in [2.75, 3.05) is 19.4 Å². The Balaban J connectivity index is 1.65. The van der Waals surface area contributed by atoms with Crippen LogP contribution in [-0.4, -0.2) is 42.3 Å². The number of sulfonamides is 1. The normalized spacial score (nSPS) is 12.7. The molecule has 8 nitrogen and oxygen atoms in total. The second-order valence-corrected chi connectivity index (χ2v) is 11.0. The third-order valence-electron chi connectivity index (χ3n) is 5.60. The Morgan fingerprint density at radius 3 is 2.40 bits per heavy atom. The van der Waals surface area contributed by atoms with E-state index < -0.39 is 22.0 Å². The van der Waals surface area contributed by atoms with Gasteiger partial charge >= 0.3 is 0 Å². The summed E-state index contributed by atoms with van der Waals surface area (Å²) in [6.45, 7) is 1.78. The maximum Gasteiger partial charge on any atom is 0.263 e. The van der Waals surface area contributed by atoms with Gasteiger partial charge in [-0.3, -0.25) is 14.2 Å². The number of fused-ring (bicyclic) bond motifs is 1. The molecule has 0 saturated heterocycles. The van der Waals surface area contributed by atoms with Crippen molar-refractivity contribution in [1.29, 1.82) is 0 Å². The van der Waals surface area contributed by atoms with Crippen LogP contribution >= 0.6 is 11.3 Å². The lowest BCUT2D eigenvalue weighted by atomic mass is 10.1. The van der Waals surface area contributed by atoms with E-state index in [1.54, 1.807) is 24.4 Å². The smallest absolute Gasteiger partial charge is 0.263 e. The highest BCUT2D eigenvalue weighted by Crippen LogP contribution is 2.31. The quantitative estimate of drug-likeness (QED) is 0.400. The lowest BCUT2D eigenvalue weighted by molar-refractivity contribution is -0.119. The van der Waals surface area contributed by atoms with Crippen molar-refractivity contribution in [3.8, 4) is 11.1 Å². The van der Waals surface area contributed by atoms with Crippen LogP contribution in [0.3, 0.4) is 0 Å². The fourth-order valence-electron chi connectivity index (χ4n) is 3.66. The third kappa shape index (κ3) is 4.75. The van der Waals surface area contributed by atoms with Crippen molar-refractivity contribution in [2.24, 2.45) is 0 Å². The molecule has 11 heteroatoms. The molecule has 0 saturated carbocycles. The van der Waals surface area contributed by atoms with Gasteiger partial charge in [0.15, 0.2) is 0 Å². The van der Waals surface area contributed by atoms with E-state index >= 15 is 0 Å². The van der Waals surface area contributed by atoms with Gasteiger partial charge in [-0.2, -0.15) is 0 Å². The molecule has 2 aromatic carbocycles. The van der Waals surface area contributed by atoms with Crippen molar-refractivity contribution in [3.05, 3.63) is 76.4 Å². The average molecular weight is 515 g/mol. The van der Waals surface area contributed by atoms with Gasteiger partial charge in [0.25, 0.3) is 5.56 Å². The van der Waals surface area contributed by atoms with E-state index in [0.717, 1.165) is 4.31 Å². The second kappa shape index (κ2) is 9.68. The molecule has 0 fully saturated rings. The van der Waals surface area contributed by atoms with Crippen LogP contribution in [0.15, 0.2) is 69.9 Å². The summed E-state index contributed by atoms with van der Waals surface area (Å²) in [4.78, 5) is 31.5. The van der Waals surface area contributed by atoms with E-state index in [2.05, 4.69) is 10.3 Å². The molecular formula is C24H23FN4O4S2. The molecule has 2 aromatic heterocycles. The molecular weight excluding hydrogens is 491 g/mol. The largest absolute Gasteiger partial charge is 0.324 e. The number of thiophene rings is 1. The molecule has 0 aliphatic rings. The number of nitrogens with one attached hydrogen (secondary N) is 1. The van der Waals surface area contributed by atoms with Crippen LogP contribution in [0, 0.1) is 5.82 Å². The number of nitrogens with zero attached hydrogens (tertiary/aromatic N) is 3. The predicted octanol–water partition coefficient (Wildman–Crippen LogP) is 4.10. The Hall–Kier alpha value is -3.41. The van der Waals surface area contributed by atoms with Crippen LogP contribution in [0.5, 0.6) is 0 Å². The molecule has 0 aliphatic carbocycles. The first kappa shape index (κ1) is 24.7. The Morgan fingerprint density at radius 2 is 1.80 bits per heavy atom. The zero-order chi connectivity index (χ0) is 25.3. The number of aromatic nitrogens is 2. The highest BCUT2D eigenvalue weighted by Gasteiger charge is 2.23. The van der Waals surface area contributed by atoms with Gasteiger partial charge in [0.1, 0.15) is 16.7 Å². The fraction of sp³-hybridized carbons (Fsp3) is 0.208. The number of rotatable bonds is 7. The maximum atomic E-state index is 13.4. The SMILES string of the molecule is CCC(C(=O)Nc1ccc(S(=O)(=O)N(C)C)cc1)n1cnc2scc(-c3ccc(F)cc3)c2c1=O. The lowest BCUT2D eigenvalue weighted by Gasteiger charge is -2.18. The number of carbonyl (C=O) groups excluding carboxylic acids is 1. The number of halogens is 1.